The second-order valence-electron chi connectivity index (χ2n) is 4.72. The molecule has 0 bridgehead atoms. The zero-order valence-electron chi connectivity index (χ0n) is 10.6. The Kier molecular flexibility index (Phi) is 2.95. The molecule has 4 nitrogen and oxygen atoms in total. The molecule has 1 aromatic heterocycles. The number of nitrogens with zero attached hydrogens (tertiary/aromatic N) is 1. The first kappa shape index (κ1) is 12.4. The molecule has 0 radical (unpaired) electrons. The molecule has 4 heteroatoms. The number of aliphatic carboxylic acids is 1. The molecule has 0 saturated heterocycles. The second-order valence-corrected chi connectivity index (χ2v) is 4.72. The van der Waals surface area contributed by atoms with Gasteiger partial charge >= 0.3 is 5.97 Å². The van der Waals surface area contributed by atoms with Crippen LogP contribution >= 0.6 is 0 Å². The van der Waals surface area contributed by atoms with Crippen molar-refractivity contribution in [3.8, 4) is 0 Å². The molecule has 2 aromatic rings. The molecule has 18 heavy (non-hydrogen) atoms. The maximum atomic E-state index is 11.6. The number of rotatable bonds is 3. The van der Waals surface area contributed by atoms with Crippen LogP contribution in [0.1, 0.15) is 35.7 Å². The predicted molar refractivity (Wildman–Crippen MR) is 69.0 cm³/mol. The molecule has 0 aliphatic heterocycles. The lowest BCUT2D eigenvalue weighted by Gasteiger charge is -2.06. The fourth-order valence-electron chi connectivity index (χ4n) is 2.06. The number of hydrogen-bond donors (Lipinski definition) is 1. The molecule has 94 valence electrons. The van der Waals surface area contributed by atoms with Gasteiger partial charge in [-0.3, -0.25) is 4.79 Å². The summed E-state index contributed by atoms with van der Waals surface area (Å²) in [4.78, 5) is 22.5. The lowest BCUT2D eigenvalue weighted by molar-refractivity contribution is -0.131. The van der Waals surface area contributed by atoms with Crippen molar-refractivity contribution in [2.75, 3.05) is 0 Å². The first-order chi connectivity index (χ1) is 8.41. The molecule has 0 fully saturated rings. The molecule has 2 rings (SSSR count). The van der Waals surface area contributed by atoms with Gasteiger partial charge in [-0.1, -0.05) is 19.9 Å². The van der Waals surface area contributed by atoms with Crippen molar-refractivity contribution >= 4 is 22.7 Å². The topological polar surface area (TPSA) is 59.3 Å². The van der Waals surface area contributed by atoms with E-state index in [1.807, 2.05) is 18.2 Å². The van der Waals surface area contributed by atoms with Crippen molar-refractivity contribution in [1.29, 1.82) is 0 Å². The lowest BCUT2D eigenvalue weighted by atomic mass is 9.99. The largest absolute Gasteiger partial charge is 0.475 e. The number of ketones is 1. The number of Topliss-reactive ketones (excluding diaryl/α,β-unsaturated/α-hetero) is 1. The van der Waals surface area contributed by atoms with Crippen LogP contribution in [0, 0.1) is 0 Å². The van der Waals surface area contributed by atoms with Gasteiger partial charge in [-0.15, -0.1) is 0 Å². The summed E-state index contributed by atoms with van der Waals surface area (Å²) in [6, 6.07) is 5.82. The summed E-state index contributed by atoms with van der Waals surface area (Å²) in [6.45, 7) is 4.12. The maximum Gasteiger partial charge on any atom is 0.377 e. The first-order valence-electron chi connectivity index (χ1n) is 5.78. The van der Waals surface area contributed by atoms with E-state index in [9.17, 15) is 9.59 Å². The number of carboxylic acids is 1. The molecular weight excluding hydrogens is 230 g/mol. The van der Waals surface area contributed by atoms with Crippen molar-refractivity contribution in [1.82, 2.24) is 4.57 Å². The quantitative estimate of drug-likeness (QED) is 0.667. The number of aromatic nitrogens is 1. The predicted octanol–water partition coefficient (Wildman–Crippen LogP) is 2.57. The molecule has 1 heterocycles. The van der Waals surface area contributed by atoms with Crippen molar-refractivity contribution in [3.63, 3.8) is 0 Å². The van der Waals surface area contributed by atoms with E-state index >= 15 is 0 Å². The Morgan fingerprint density at radius 2 is 1.94 bits per heavy atom. The average molecular weight is 245 g/mol. The van der Waals surface area contributed by atoms with Gasteiger partial charge in [0.2, 0.25) is 0 Å². The van der Waals surface area contributed by atoms with Gasteiger partial charge in [-0.2, -0.15) is 0 Å². The summed E-state index contributed by atoms with van der Waals surface area (Å²) in [5.41, 5.74) is 2.21. The molecule has 0 amide bonds. The van der Waals surface area contributed by atoms with Crippen LogP contribution in [0.2, 0.25) is 0 Å². The first-order valence-corrected chi connectivity index (χ1v) is 5.78. The van der Waals surface area contributed by atoms with Crippen LogP contribution in [-0.4, -0.2) is 21.4 Å². The Morgan fingerprint density at radius 3 is 2.50 bits per heavy atom. The molecule has 0 saturated carbocycles. The minimum absolute atomic E-state index is 0.252. The third-order valence-electron chi connectivity index (χ3n) is 3.12. The summed E-state index contributed by atoms with van der Waals surface area (Å²) in [7, 11) is 1.80. The molecule has 1 N–H and O–H groups in total. The number of hydrogen-bond acceptors (Lipinski definition) is 2. The lowest BCUT2D eigenvalue weighted by Crippen LogP contribution is -2.12. The fraction of sp³-hybridized carbons (Fsp3) is 0.286. The number of carbonyl (C=O) groups excluding carboxylic acids is 1. The summed E-state index contributed by atoms with van der Waals surface area (Å²) < 4.78 is 1.77. The SMILES string of the molecule is CC(C)c1ccc2c(c1)c(C(=O)C(=O)O)cn2C. The number of carbonyl (C=O) groups is 2. The highest BCUT2D eigenvalue weighted by Gasteiger charge is 2.20. The highest BCUT2D eigenvalue weighted by Crippen LogP contribution is 2.25. The van der Waals surface area contributed by atoms with Gasteiger partial charge < -0.3 is 9.67 Å². The Labute approximate surface area is 105 Å². The van der Waals surface area contributed by atoms with Crippen LogP contribution in [0.5, 0.6) is 0 Å². The van der Waals surface area contributed by atoms with E-state index in [-0.39, 0.29) is 5.56 Å². The van der Waals surface area contributed by atoms with Gasteiger partial charge in [0.25, 0.3) is 5.78 Å². The van der Waals surface area contributed by atoms with Gasteiger partial charge in [0.1, 0.15) is 0 Å². The Balaban J connectivity index is 2.70. The number of aryl methyl sites for hydroxylation is 1. The fourth-order valence-corrected chi connectivity index (χ4v) is 2.06. The third kappa shape index (κ3) is 1.90. The van der Waals surface area contributed by atoms with E-state index in [4.69, 9.17) is 5.11 Å². The molecule has 0 spiro atoms. The molecule has 0 atom stereocenters. The number of fused-ring (bicyclic) bond motifs is 1. The van der Waals surface area contributed by atoms with Gasteiger partial charge in [-0.25, -0.2) is 4.79 Å². The van der Waals surface area contributed by atoms with Crippen molar-refractivity contribution < 1.29 is 14.7 Å². The van der Waals surface area contributed by atoms with Crippen LogP contribution in [0.4, 0.5) is 0 Å². The monoisotopic (exact) mass is 245 g/mol. The van der Waals surface area contributed by atoms with Crippen LogP contribution in [0.25, 0.3) is 10.9 Å². The van der Waals surface area contributed by atoms with E-state index in [1.54, 1.807) is 17.8 Å². The smallest absolute Gasteiger partial charge is 0.377 e. The molecule has 0 unspecified atom stereocenters. The van der Waals surface area contributed by atoms with Gasteiger partial charge in [0, 0.05) is 24.1 Å². The van der Waals surface area contributed by atoms with E-state index < -0.39 is 11.8 Å². The molecule has 1 aromatic carbocycles. The van der Waals surface area contributed by atoms with E-state index in [2.05, 4.69) is 13.8 Å². The highest BCUT2D eigenvalue weighted by molar-refractivity contribution is 6.42. The summed E-state index contributed by atoms with van der Waals surface area (Å²) >= 11 is 0. The Morgan fingerprint density at radius 1 is 1.28 bits per heavy atom. The highest BCUT2D eigenvalue weighted by atomic mass is 16.4. The van der Waals surface area contributed by atoms with Crippen molar-refractivity contribution in [2.24, 2.45) is 7.05 Å². The van der Waals surface area contributed by atoms with Crippen molar-refractivity contribution in [2.45, 2.75) is 19.8 Å². The van der Waals surface area contributed by atoms with Crippen LogP contribution in [0.3, 0.4) is 0 Å². The number of benzene rings is 1. The van der Waals surface area contributed by atoms with Gasteiger partial charge in [0.05, 0.1) is 5.56 Å². The molecule has 0 aliphatic rings. The van der Waals surface area contributed by atoms with Gasteiger partial charge in [-0.05, 0) is 23.6 Å². The zero-order chi connectivity index (χ0) is 13.4. The Hall–Kier alpha value is -2.10. The third-order valence-corrected chi connectivity index (χ3v) is 3.12. The summed E-state index contributed by atoms with van der Waals surface area (Å²) in [6.07, 6.45) is 1.57. The second kappa shape index (κ2) is 4.29. The summed E-state index contributed by atoms with van der Waals surface area (Å²) in [5.74, 6) is -1.94. The van der Waals surface area contributed by atoms with Gasteiger partial charge in [0.15, 0.2) is 0 Å². The Bertz CT molecular complexity index is 638. The minimum atomic E-state index is -1.42. The van der Waals surface area contributed by atoms with Crippen LogP contribution in [-0.2, 0) is 11.8 Å². The van der Waals surface area contributed by atoms with Crippen molar-refractivity contribution in [3.05, 3.63) is 35.5 Å². The zero-order valence-corrected chi connectivity index (χ0v) is 10.6. The average Bonchev–Trinajstić information content (AvgIpc) is 2.65. The summed E-state index contributed by atoms with van der Waals surface area (Å²) in [5, 5.41) is 9.53. The van der Waals surface area contributed by atoms with E-state index in [1.165, 1.54) is 0 Å². The standard InChI is InChI=1S/C14H15NO3/c1-8(2)9-4-5-12-10(6-9)11(7-15(12)3)13(16)14(17)18/h4-8H,1-3H3,(H,17,18). The number of carboxylic acid groups (broad SMARTS) is 1. The van der Waals surface area contributed by atoms with E-state index in [0.29, 0.717) is 11.3 Å². The molecular formula is C14H15NO3. The van der Waals surface area contributed by atoms with Crippen LogP contribution < -0.4 is 0 Å². The minimum Gasteiger partial charge on any atom is -0.475 e. The maximum absolute atomic E-state index is 11.6. The van der Waals surface area contributed by atoms with Crippen LogP contribution in [0.15, 0.2) is 24.4 Å². The normalized spacial score (nSPS) is 11.1. The van der Waals surface area contributed by atoms with E-state index in [0.717, 1.165) is 11.1 Å². The molecule has 0 aliphatic carbocycles.